The number of carboxylic acids is 1. The summed E-state index contributed by atoms with van der Waals surface area (Å²) in [4.78, 5) is 35.5. The third-order valence-electron chi connectivity index (χ3n) is 4.95. The molecule has 0 saturated carbocycles. The predicted molar refractivity (Wildman–Crippen MR) is 123 cm³/mol. The molecule has 0 atom stereocenters. The van der Waals surface area contributed by atoms with E-state index >= 15 is 0 Å². The summed E-state index contributed by atoms with van der Waals surface area (Å²) in [6.45, 7) is 3.11. The van der Waals surface area contributed by atoms with Crippen LogP contribution in [0.1, 0.15) is 29.8 Å². The molecule has 170 valence electrons. The van der Waals surface area contributed by atoms with Gasteiger partial charge in [0.15, 0.2) is 0 Å². The van der Waals surface area contributed by atoms with Gasteiger partial charge in [0.2, 0.25) is 0 Å². The maximum Gasteiger partial charge on any atom is 0.328 e. The third kappa shape index (κ3) is 6.39. The third-order valence-corrected chi connectivity index (χ3v) is 4.95. The van der Waals surface area contributed by atoms with E-state index in [9.17, 15) is 18.8 Å². The molecule has 0 heterocycles. The van der Waals surface area contributed by atoms with E-state index in [1.165, 1.54) is 26.0 Å². The number of hydrogen-bond donors (Lipinski definition) is 4. The number of benzene rings is 3. The maximum absolute atomic E-state index is 12.9. The number of anilines is 1. The minimum atomic E-state index is -1.37. The number of carbonyl (C=O) groups is 3. The van der Waals surface area contributed by atoms with Crippen molar-refractivity contribution in [2.45, 2.75) is 25.9 Å². The van der Waals surface area contributed by atoms with Gasteiger partial charge in [0.25, 0.3) is 5.91 Å². The molecule has 0 aliphatic carbocycles. The lowest BCUT2D eigenvalue weighted by atomic mass is 10.0. The molecule has 0 aliphatic rings. The fraction of sp³-hybridized carbons (Fsp3) is 0.160. The lowest BCUT2D eigenvalue weighted by Crippen LogP contribution is -2.49. The van der Waals surface area contributed by atoms with Crippen molar-refractivity contribution >= 4 is 23.6 Å². The first-order valence-electron chi connectivity index (χ1n) is 10.2. The molecular formula is C25H24FN3O4. The molecule has 0 spiro atoms. The highest BCUT2D eigenvalue weighted by atomic mass is 19.1. The van der Waals surface area contributed by atoms with Crippen LogP contribution in [-0.2, 0) is 11.3 Å². The average Bonchev–Trinajstić information content (AvgIpc) is 2.79. The van der Waals surface area contributed by atoms with Gasteiger partial charge in [0.05, 0.1) is 0 Å². The summed E-state index contributed by atoms with van der Waals surface area (Å²) in [6, 6.07) is 19.4. The second-order valence-electron chi connectivity index (χ2n) is 7.97. The number of nitrogens with one attached hydrogen (secondary N) is 3. The van der Waals surface area contributed by atoms with Gasteiger partial charge in [-0.25, -0.2) is 14.0 Å². The summed E-state index contributed by atoms with van der Waals surface area (Å²) in [6.07, 6.45) is 0. The second-order valence-corrected chi connectivity index (χ2v) is 7.97. The molecule has 0 unspecified atom stereocenters. The van der Waals surface area contributed by atoms with Crippen LogP contribution in [-0.4, -0.2) is 28.6 Å². The zero-order chi connectivity index (χ0) is 24.0. The van der Waals surface area contributed by atoms with Gasteiger partial charge in [-0.15, -0.1) is 0 Å². The highest BCUT2D eigenvalue weighted by Gasteiger charge is 2.29. The number of rotatable bonds is 7. The van der Waals surface area contributed by atoms with Gasteiger partial charge >= 0.3 is 12.0 Å². The summed E-state index contributed by atoms with van der Waals surface area (Å²) in [5.74, 6) is -1.92. The summed E-state index contributed by atoms with van der Waals surface area (Å²) in [7, 11) is 0. The largest absolute Gasteiger partial charge is 0.480 e. The minimum Gasteiger partial charge on any atom is -0.480 e. The molecule has 3 aromatic carbocycles. The van der Waals surface area contributed by atoms with E-state index in [1.54, 1.807) is 48.5 Å². The number of carboxylic acid groups (broad SMARTS) is 1. The minimum absolute atomic E-state index is 0.272. The smallest absolute Gasteiger partial charge is 0.328 e. The number of carbonyl (C=O) groups excluding carboxylic acids is 2. The number of aliphatic carboxylic acids is 1. The van der Waals surface area contributed by atoms with Crippen LogP contribution < -0.4 is 16.0 Å². The fourth-order valence-electron chi connectivity index (χ4n) is 2.93. The van der Waals surface area contributed by atoms with E-state index in [0.29, 0.717) is 11.3 Å². The normalized spacial score (nSPS) is 10.9. The topological polar surface area (TPSA) is 108 Å². The molecule has 0 fully saturated rings. The number of amides is 3. The first-order chi connectivity index (χ1) is 15.6. The number of hydrogen-bond acceptors (Lipinski definition) is 3. The SMILES string of the molecule is CC(C)(NC(=O)c1ccc(-c2ccc(NC(=O)NCc3ccc(F)cc3)cc2)cc1)C(=O)O. The van der Waals surface area contributed by atoms with E-state index in [0.717, 1.165) is 16.7 Å². The summed E-state index contributed by atoms with van der Waals surface area (Å²) < 4.78 is 12.9. The molecule has 0 bridgehead atoms. The Bertz CT molecular complexity index is 1140. The molecule has 0 aliphatic heterocycles. The Morgan fingerprint density at radius 1 is 0.848 bits per heavy atom. The highest BCUT2D eigenvalue weighted by molar-refractivity contribution is 5.98. The van der Waals surface area contributed by atoms with Crippen LogP contribution >= 0.6 is 0 Å². The first kappa shape index (κ1) is 23.5. The Morgan fingerprint density at radius 2 is 1.39 bits per heavy atom. The molecular weight excluding hydrogens is 425 g/mol. The standard InChI is InChI=1S/C25H24FN3O4/c1-25(2,23(31)32)29-22(30)19-7-5-17(6-8-19)18-9-13-21(14-10-18)28-24(33)27-15-16-3-11-20(26)12-4-16/h3-14H,15H2,1-2H3,(H,29,30)(H,31,32)(H2,27,28,33). The monoisotopic (exact) mass is 449 g/mol. The van der Waals surface area contributed by atoms with Gasteiger partial charge in [-0.1, -0.05) is 36.4 Å². The van der Waals surface area contributed by atoms with E-state index in [4.69, 9.17) is 5.11 Å². The fourth-order valence-corrected chi connectivity index (χ4v) is 2.93. The van der Waals surface area contributed by atoms with Gasteiger partial charge in [-0.3, -0.25) is 4.79 Å². The number of urea groups is 1. The zero-order valence-corrected chi connectivity index (χ0v) is 18.2. The van der Waals surface area contributed by atoms with Crippen molar-refractivity contribution < 1.29 is 23.9 Å². The Kier molecular flexibility index (Phi) is 7.07. The second kappa shape index (κ2) is 9.95. The van der Waals surface area contributed by atoms with Crippen LogP contribution in [0, 0.1) is 5.82 Å². The van der Waals surface area contributed by atoms with Crippen LogP contribution in [0.3, 0.4) is 0 Å². The maximum atomic E-state index is 12.9. The molecule has 0 radical (unpaired) electrons. The van der Waals surface area contributed by atoms with Crippen molar-refractivity contribution in [3.05, 3.63) is 89.7 Å². The van der Waals surface area contributed by atoms with Crippen LogP contribution in [0.25, 0.3) is 11.1 Å². The Morgan fingerprint density at radius 3 is 1.94 bits per heavy atom. The average molecular weight is 449 g/mol. The van der Waals surface area contributed by atoms with E-state index in [-0.39, 0.29) is 18.4 Å². The predicted octanol–water partition coefficient (Wildman–Crippen LogP) is 4.41. The molecule has 7 nitrogen and oxygen atoms in total. The van der Waals surface area contributed by atoms with Gasteiger partial charge in [-0.05, 0) is 66.9 Å². The molecule has 0 saturated heterocycles. The molecule has 4 N–H and O–H groups in total. The lowest BCUT2D eigenvalue weighted by Gasteiger charge is -2.21. The van der Waals surface area contributed by atoms with Gasteiger partial charge in [-0.2, -0.15) is 0 Å². The van der Waals surface area contributed by atoms with E-state index in [2.05, 4.69) is 16.0 Å². The zero-order valence-electron chi connectivity index (χ0n) is 18.2. The van der Waals surface area contributed by atoms with E-state index in [1.807, 2.05) is 12.1 Å². The highest BCUT2D eigenvalue weighted by Crippen LogP contribution is 2.22. The van der Waals surface area contributed by atoms with E-state index < -0.39 is 17.4 Å². The summed E-state index contributed by atoms with van der Waals surface area (Å²) in [5, 5.41) is 17.1. The van der Waals surface area contributed by atoms with Crippen molar-refractivity contribution in [3.63, 3.8) is 0 Å². The summed E-state index contributed by atoms with van der Waals surface area (Å²) >= 11 is 0. The molecule has 33 heavy (non-hydrogen) atoms. The molecule has 3 rings (SSSR count). The van der Waals surface area contributed by atoms with Crippen molar-refractivity contribution in [2.24, 2.45) is 0 Å². The molecule has 0 aromatic heterocycles. The van der Waals surface area contributed by atoms with Crippen LogP contribution in [0.15, 0.2) is 72.8 Å². The van der Waals surface area contributed by atoms with Crippen LogP contribution in [0.4, 0.5) is 14.9 Å². The van der Waals surface area contributed by atoms with Gasteiger partial charge < -0.3 is 21.1 Å². The molecule has 3 amide bonds. The van der Waals surface area contributed by atoms with Crippen molar-refractivity contribution in [1.29, 1.82) is 0 Å². The Balaban J connectivity index is 1.57. The molecule has 3 aromatic rings. The van der Waals surface area contributed by atoms with Gasteiger partial charge in [0.1, 0.15) is 11.4 Å². The molecule has 8 heteroatoms. The Hall–Kier alpha value is -4.20. The lowest BCUT2D eigenvalue weighted by molar-refractivity contribution is -0.143. The summed E-state index contributed by atoms with van der Waals surface area (Å²) in [5.41, 5.74) is 2.10. The van der Waals surface area contributed by atoms with Crippen molar-refractivity contribution in [3.8, 4) is 11.1 Å². The van der Waals surface area contributed by atoms with Crippen molar-refractivity contribution in [2.75, 3.05) is 5.32 Å². The van der Waals surface area contributed by atoms with Crippen LogP contribution in [0.2, 0.25) is 0 Å². The Labute approximate surface area is 190 Å². The first-order valence-corrected chi connectivity index (χ1v) is 10.2. The van der Waals surface area contributed by atoms with Gasteiger partial charge in [0, 0.05) is 17.8 Å². The number of halogens is 1. The quantitative estimate of drug-likeness (QED) is 0.429. The van der Waals surface area contributed by atoms with Crippen molar-refractivity contribution in [1.82, 2.24) is 10.6 Å². The van der Waals surface area contributed by atoms with Crippen LogP contribution in [0.5, 0.6) is 0 Å².